The molecule has 0 aliphatic heterocycles. The van der Waals surface area contributed by atoms with Gasteiger partial charge in [0.15, 0.2) is 5.82 Å². The van der Waals surface area contributed by atoms with Crippen LogP contribution in [-0.4, -0.2) is 28.9 Å². The van der Waals surface area contributed by atoms with E-state index < -0.39 is 0 Å². The molecular weight excluding hydrogens is 240 g/mol. The first-order chi connectivity index (χ1) is 9.13. The number of amides is 1. The van der Waals surface area contributed by atoms with E-state index >= 15 is 0 Å². The number of nitrogens with zero attached hydrogens (tertiary/aromatic N) is 2. The average molecular weight is 262 g/mol. The minimum absolute atomic E-state index is 0.0133. The van der Waals surface area contributed by atoms with Gasteiger partial charge < -0.3 is 10.3 Å². The van der Waals surface area contributed by atoms with Crippen LogP contribution in [0.5, 0.6) is 0 Å². The van der Waals surface area contributed by atoms with E-state index in [1.807, 2.05) is 11.9 Å². The normalized spacial score (nSPS) is 22.9. The lowest BCUT2D eigenvalue weighted by molar-refractivity contribution is 0.0680. The zero-order valence-electron chi connectivity index (χ0n) is 11.6. The highest BCUT2D eigenvalue weighted by molar-refractivity contribution is 5.98. The molecule has 1 fully saturated rings. The Labute approximate surface area is 114 Å². The molecule has 1 aliphatic rings. The van der Waals surface area contributed by atoms with Crippen LogP contribution in [0.4, 0.5) is 5.82 Å². The standard InChI is InChI=1S/C14H22N4O/c1-10-5-7-11(8-6-10)18(2)14(19)12-4-3-9-16-13(12)17-15/h3-4,9-11H,5-8,15H2,1-2H3,(H,16,17). The summed E-state index contributed by atoms with van der Waals surface area (Å²) in [4.78, 5) is 18.4. The van der Waals surface area contributed by atoms with Crippen molar-refractivity contribution in [1.29, 1.82) is 0 Å². The van der Waals surface area contributed by atoms with Gasteiger partial charge in [0.05, 0.1) is 5.56 Å². The van der Waals surface area contributed by atoms with Crippen molar-refractivity contribution in [2.45, 2.75) is 38.6 Å². The number of nitrogens with one attached hydrogen (secondary N) is 1. The molecule has 2 rings (SSSR count). The molecule has 0 saturated heterocycles. The minimum atomic E-state index is -0.0133. The summed E-state index contributed by atoms with van der Waals surface area (Å²) < 4.78 is 0. The number of nitrogen functional groups attached to an aromatic ring is 1. The smallest absolute Gasteiger partial charge is 0.257 e. The molecule has 1 saturated carbocycles. The SMILES string of the molecule is CC1CCC(N(C)C(=O)c2cccnc2NN)CC1. The van der Waals surface area contributed by atoms with Crippen LogP contribution < -0.4 is 11.3 Å². The van der Waals surface area contributed by atoms with Gasteiger partial charge in [-0.1, -0.05) is 6.92 Å². The predicted molar refractivity (Wildman–Crippen MR) is 75.6 cm³/mol. The van der Waals surface area contributed by atoms with Gasteiger partial charge in [0.1, 0.15) is 0 Å². The highest BCUT2D eigenvalue weighted by Crippen LogP contribution is 2.27. The maximum absolute atomic E-state index is 12.5. The Morgan fingerprint density at radius 3 is 2.74 bits per heavy atom. The summed E-state index contributed by atoms with van der Waals surface area (Å²) in [6, 6.07) is 3.84. The van der Waals surface area contributed by atoms with Gasteiger partial charge in [-0.15, -0.1) is 0 Å². The lowest BCUT2D eigenvalue weighted by Gasteiger charge is -2.33. The molecule has 1 heterocycles. The Kier molecular flexibility index (Phi) is 4.37. The lowest BCUT2D eigenvalue weighted by atomic mass is 9.86. The maximum Gasteiger partial charge on any atom is 0.257 e. The van der Waals surface area contributed by atoms with E-state index in [0.717, 1.165) is 18.8 Å². The maximum atomic E-state index is 12.5. The molecule has 5 heteroatoms. The summed E-state index contributed by atoms with van der Waals surface area (Å²) in [5.74, 6) is 6.60. The Morgan fingerprint density at radius 1 is 1.42 bits per heavy atom. The van der Waals surface area contributed by atoms with E-state index in [1.165, 1.54) is 12.8 Å². The summed E-state index contributed by atoms with van der Waals surface area (Å²) in [5.41, 5.74) is 3.02. The third-order valence-corrected chi connectivity index (χ3v) is 4.03. The molecule has 0 spiro atoms. The van der Waals surface area contributed by atoms with Gasteiger partial charge in [-0.05, 0) is 43.7 Å². The number of anilines is 1. The van der Waals surface area contributed by atoms with E-state index in [1.54, 1.807) is 18.3 Å². The van der Waals surface area contributed by atoms with Gasteiger partial charge in [-0.2, -0.15) is 0 Å². The molecular formula is C14H22N4O. The number of aromatic nitrogens is 1. The number of rotatable bonds is 3. The fourth-order valence-electron chi connectivity index (χ4n) is 2.68. The molecule has 1 aromatic heterocycles. The molecule has 0 aromatic carbocycles. The van der Waals surface area contributed by atoms with Gasteiger partial charge in [0.25, 0.3) is 5.91 Å². The zero-order valence-corrected chi connectivity index (χ0v) is 11.6. The van der Waals surface area contributed by atoms with Crippen molar-refractivity contribution in [1.82, 2.24) is 9.88 Å². The lowest BCUT2D eigenvalue weighted by Crippen LogP contribution is -2.39. The van der Waals surface area contributed by atoms with Gasteiger partial charge in [-0.3, -0.25) is 4.79 Å². The largest absolute Gasteiger partial charge is 0.339 e. The van der Waals surface area contributed by atoms with Crippen molar-refractivity contribution in [2.75, 3.05) is 12.5 Å². The molecule has 1 aliphatic carbocycles. The van der Waals surface area contributed by atoms with Crippen molar-refractivity contribution < 1.29 is 4.79 Å². The van der Waals surface area contributed by atoms with Crippen molar-refractivity contribution >= 4 is 11.7 Å². The van der Waals surface area contributed by atoms with Gasteiger partial charge in [0.2, 0.25) is 0 Å². The summed E-state index contributed by atoms with van der Waals surface area (Å²) in [6.45, 7) is 2.27. The highest BCUT2D eigenvalue weighted by atomic mass is 16.2. The molecule has 0 unspecified atom stereocenters. The van der Waals surface area contributed by atoms with Crippen LogP contribution in [0.1, 0.15) is 43.0 Å². The summed E-state index contributed by atoms with van der Waals surface area (Å²) in [6.07, 6.45) is 6.16. The van der Waals surface area contributed by atoms with Crippen LogP contribution in [-0.2, 0) is 0 Å². The molecule has 0 radical (unpaired) electrons. The quantitative estimate of drug-likeness (QED) is 0.646. The van der Waals surface area contributed by atoms with Crippen molar-refractivity contribution in [2.24, 2.45) is 11.8 Å². The fraction of sp³-hybridized carbons (Fsp3) is 0.571. The van der Waals surface area contributed by atoms with Gasteiger partial charge in [-0.25, -0.2) is 10.8 Å². The number of hydrogen-bond donors (Lipinski definition) is 2. The number of pyridine rings is 1. The Balaban J connectivity index is 2.10. The van der Waals surface area contributed by atoms with Crippen molar-refractivity contribution in [3.63, 3.8) is 0 Å². The second-order valence-electron chi connectivity index (χ2n) is 5.37. The first kappa shape index (κ1) is 13.8. The molecule has 19 heavy (non-hydrogen) atoms. The summed E-state index contributed by atoms with van der Waals surface area (Å²) in [7, 11) is 1.87. The van der Waals surface area contributed by atoms with Crippen LogP contribution in [0.25, 0.3) is 0 Å². The topological polar surface area (TPSA) is 71.2 Å². The number of hydrogen-bond acceptors (Lipinski definition) is 4. The number of carbonyl (C=O) groups is 1. The van der Waals surface area contributed by atoms with Crippen LogP contribution >= 0.6 is 0 Å². The van der Waals surface area contributed by atoms with Crippen LogP contribution in [0.2, 0.25) is 0 Å². The van der Waals surface area contributed by atoms with E-state index in [2.05, 4.69) is 17.3 Å². The first-order valence-corrected chi connectivity index (χ1v) is 6.82. The average Bonchev–Trinajstić information content (AvgIpc) is 2.46. The molecule has 1 aromatic rings. The Morgan fingerprint density at radius 2 is 2.11 bits per heavy atom. The van der Waals surface area contributed by atoms with Crippen molar-refractivity contribution in [3.05, 3.63) is 23.9 Å². The Hall–Kier alpha value is -1.62. The first-order valence-electron chi connectivity index (χ1n) is 6.82. The second kappa shape index (κ2) is 6.02. The molecule has 5 nitrogen and oxygen atoms in total. The molecule has 0 atom stereocenters. The molecule has 1 amide bonds. The number of nitrogens with two attached hydrogens (primary N) is 1. The Bertz CT molecular complexity index is 441. The molecule has 0 bridgehead atoms. The third-order valence-electron chi connectivity index (χ3n) is 4.03. The minimum Gasteiger partial charge on any atom is -0.339 e. The number of carbonyl (C=O) groups excluding carboxylic acids is 1. The monoisotopic (exact) mass is 262 g/mol. The van der Waals surface area contributed by atoms with Crippen molar-refractivity contribution in [3.8, 4) is 0 Å². The van der Waals surface area contributed by atoms with E-state index in [0.29, 0.717) is 17.4 Å². The third kappa shape index (κ3) is 3.04. The fourth-order valence-corrected chi connectivity index (χ4v) is 2.68. The van der Waals surface area contributed by atoms with Gasteiger partial charge >= 0.3 is 0 Å². The van der Waals surface area contributed by atoms with E-state index in [-0.39, 0.29) is 5.91 Å². The van der Waals surface area contributed by atoms with E-state index in [4.69, 9.17) is 5.84 Å². The molecule has 3 N–H and O–H groups in total. The van der Waals surface area contributed by atoms with Gasteiger partial charge in [0, 0.05) is 19.3 Å². The zero-order chi connectivity index (χ0) is 13.8. The second-order valence-corrected chi connectivity index (χ2v) is 5.37. The van der Waals surface area contributed by atoms with Crippen LogP contribution in [0.15, 0.2) is 18.3 Å². The summed E-state index contributed by atoms with van der Waals surface area (Å²) in [5, 5.41) is 0. The molecule has 104 valence electrons. The van der Waals surface area contributed by atoms with Crippen LogP contribution in [0, 0.1) is 5.92 Å². The number of hydrazine groups is 1. The highest BCUT2D eigenvalue weighted by Gasteiger charge is 2.26. The predicted octanol–water partition coefficient (Wildman–Crippen LogP) is 2.02. The summed E-state index contributed by atoms with van der Waals surface area (Å²) >= 11 is 0. The van der Waals surface area contributed by atoms with Crippen LogP contribution in [0.3, 0.4) is 0 Å². The van der Waals surface area contributed by atoms with E-state index in [9.17, 15) is 4.79 Å².